The van der Waals surface area contributed by atoms with Crippen molar-refractivity contribution in [2.45, 2.75) is 13.8 Å². The van der Waals surface area contributed by atoms with Crippen LogP contribution in [0.3, 0.4) is 0 Å². The highest BCUT2D eigenvalue weighted by Crippen LogP contribution is 2.53. The van der Waals surface area contributed by atoms with Crippen LogP contribution in [0.5, 0.6) is 0 Å². The van der Waals surface area contributed by atoms with Crippen LogP contribution in [0.15, 0.2) is 200 Å². The molecular weight excluding hydrogens is 735 g/mol. The van der Waals surface area contributed by atoms with Gasteiger partial charge in [-0.3, -0.25) is 0 Å². The molecule has 0 N–H and O–H groups in total. The number of nitrogens with zero attached hydrogens (tertiary/aromatic N) is 1. The van der Waals surface area contributed by atoms with Crippen molar-refractivity contribution < 1.29 is 0 Å². The highest BCUT2D eigenvalue weighted by molar-refractivity contribution is 6.14. The van der Waals surface area contributed by atoms with Crippen LogP contribution in [-0.2, 0) is 0 Å². The fraction of sp³-hybridized carbons (Fsp3) is 0.0333. The molecule has 2 aliphatic rings. The minimum Gasteiger partial charge on any atom is -0.310 e. The van der Waals surface area contributed by atoms with E-state index in [0.29, 0.717) is 0 Å². The van der Waals surface area contributed by atoms with E-state index in [2.05, 4.69) is 219 Å². The Morgan fingerprint density at radius 1 is 0.246 bits per heavy atom. The Kier molecular flexibility index (Phi) is 7.21. The van der Waals surface area contributed by atoms with E-state index in [0.717, 1.165) is 11.4 Å². The predicted octanol–water partition coefficient (Wildman–Crippen LogP) is 17.0. The second-order valence-electron chi connectivity index (χ2n) is 17.1. The summed E-state index contributed by atoms with van der Waals surface area (Å²) in [5.41, 5.74) is 21.8. The lowest BCUT2D eigenvalue weighted by atomic mass is 9.77. The van der Waals surface area contributed by atoms with Gasteiger partial charge in [-0.25, -0.2) is 0 Å². The first-order valence-electron chi connectivity index (χ1n) is 21.3. The van der Waals surface area contributed by atoms with Gasteiger partial charge in [0.2, 0.25) is 0 Å². The fourth-order valence-electron chi connectivity index (χ4n) is 10.3. The first-order valence-corrected chi connectivity index (χ1v) is 21.3. The van der Waals surface area contributed by atoms with E-state index < -0.39 is 0 Å². The molecule has 0 fully saturated rings. The monoisotopic (exact) mass is 773 g/mol. The van der Waals surface area contributed by atoms with Crippen LogP contribution in [-0.4, -0.2) is 0 Å². The minimum atomic E-state index is 1.16. The molecule has 0 unspecified atom stereocenters. The summed E-state index contributed by atoms with van der Waals surface area (Å²) in [5, 5.41) is 10.1. The van der Waals surface area contributed by atoms with Crippen LogP contribution in [0.1, 0.15) is 11.1 Å². The molecule has 0 aliphatic heterocycles. The normalized spacial score (nSPS) is 12.1. The van der Waals surface area contributed by atoms with Gasteiger partial charge in [-0.05, 0) is 220 Å². The van der Waals surface area contributed by atoms with Crippen LogP contribution >= 0.6 is 0 Å². The van der Waals surface area contributed by atoms with Crippen molar-refractivity contribution in [2.24, 2.45) is 0 Å². The SMILES string of the molecule is Cc1cccc(C)c1N(c1ccc2cc3c(cc2c1)-c1cc2ccc(-c4ccccc4)cc2cc1-3)c1ccc2cc3c(cc2c1)-c1cc2ccc(-c4ccccc4)cc2cc1-3. The standard InChI is InChI=1S/C60H39N/c1-36-10-9-11-37(2)60(36)61(50-22-20-44-30-54-56-32-46-24-40(38-12-5-3-6-13-38)16-18-42(46)28-52(56)58(54)34-48(44)26-50)51-23-21-45-31-55-57-33-47-25-41(39-14-7-4-8-15-39)17-19-43(47)29-53(57)59(55)35-49(45)27-51/h3-35H,1-2H3. The zero-order chi connectivity index (χ0) is 40.3. The third-order valence-electron chi connectivity index (χ3n) is 13.4. The minimum absolute atomic E-state index is 1.16. The van der Waals surface area contributed by atoms with E-state index in [9.17, 15) is 0 Å². The molecule has 11 aromatic carbocycles. The number of hydrogen-bond acceptors (Lipinski definition) is 1. The fourth-order valence-corrected chi connectivity index (χ4v) is 10.3. The Bertz CT molecular complexity index is 3410. The average molecular weight is 774 g/mol. The number of benzene rings is 11. The third kappa shape index (κ3) is 5.27. The van der Waals surface area contributed by atoms with Gasteiger partial charge in [-0.2, -0.15) is 0 Å². The molecule has 61 heavy (non-hydrogen) atoms. The van der Waals surface area contributed by atoms with Gasteiger partial charge in [0.05, 0.1) is 5.69 Å². The lowest BCUT2D eigenvalue weighted by molar-refractivity contribution is 1.22. The first-order chi connectivity index (χ1) is 30.0. The zero-order valence-electron chi connectivity index (χ0n) is 34.0. The Morgan fingerprint density at radius 3 is 0.951 bits per heavy atom. The number of anilines is 3. The van der Waals surface area contributed by atoms with Crippen molar-refractivity contribution >= 4 is 60.2 Å². The van der Waals surface area contributed by atoms with Crippen LogP contribution in [0, 0.1) is 13.8 Å². The maximum atomic E-state index is 2.47. The molecule has 0 bridgehead atoms. The molecule has 0 heterocycles. The molecule has 0 spiro atoms. The molecule has 11 aromatic rings. The second kappa shape index (κ2) is 12.9. The Hall–Kier alpha value is -7.74. The molecule has 1 heteroatoms. The maximum absolute atomic E-state index is 2.47. The van der Waals surface area contributed by atoms with Gasteiger partial charge in [0.15, 0.2) is 0 Å². The summed E-state index contributed by atoms with van der Waals surface area (Å²) >= 11 is 0. The first kappa shape index (κ1) is 34.2. The Labute approximate surface area is 355 Å². The second-order valence-corrected chi connectivity index (χ2v) is 17.1. The lowest BCUT2D eigenvalue weighted by Crippen LogP contribution is -2.13. The summed E-state index contributed by atoms with van der Waals surface area (Å²) in [4.78, 5) is 2.47. The maximum Gasteiger partial charge on any atom is 0.0519 e. The van der Waals surface area contributed by atoms with Crippen molar-refractivity contribution in [1.82, 2.24) is 0 Å². The van der Waals surface area contributed by atoms with Gasteiger partial charge < -0.3 is 4.90 Å². The molecule has 0 radical (unpaired) electrons. The Balaban J connectivity index is 0.886. The molecule has 2 aliphatic carbocycles. The highest BCUT2D eigenvalue weighted by atomic mass is 15.1. The number of fused-ring (bicyclic) bond motifs is 12. The number of para-hydroxylation sites is 1. The van der Waals surface area contributed by atoms with E-state index in [4.69, 9.17) is 0 Å². The molecule has 0 amide bonds. The van der Waals surface area contributed by atoms with Gasteiger partial charge >= 0.3 is 0 Å². The largest absolute Gasteiger partial charge is 0.310 e. The molecular formula is C60H39N. The van der Waals surface area contributed by atoms with E-state index in [1.165, 1.54) is 127 Å². The van der Waals surface area contributed by atoms with Crippen molar-refractivity contribution in [3.8, 4) is 66.8 Å². The highest BCUT2D eigenvalue weighted by Gasteiger charge is 2.27. The number of hydrogen-bond donors (Lipinski definition) is 0. The van der Waals surface area contributed by atoms with Crippen molar-refractivity contribution in [3.05, 3.63) is 211 Å². The van der Waals surface area contributed by atoms with E-state index in [1.54, 1.807) is 0 Å². The molecule has 0 atom stereocenters. The summed E-state index contributed by atoms with van der Waals surface area (Å²) in [5.74, 6) is 0. The molecule has 0 saturated heterocycles. The van der Waals surface area contributed by atoms with E-state index in [1.807, 2.05) is 0 Å². The summed E-state index contributed by atoms with van der Waals surface area (Å²) in [6.45, 7) is 4.47. The van der Waals surface area contributed by atoms with Crippen molar-refractivity contribution in [3.63, 3.8) is 0 Å². The van der Waals surface area contributed by atoms with Gasteiger partial charge in [0.1, 0.15) is 0 Å². The molecule has 284 valence electrons. The van der Waals surface area contributed by atoms with Gasteiger partial charge in [0, 0.05) is 11.4 Å². The van der Waals surface area contributed by atoms with Crippen LogP contribution in [0.2, 0.25) is 0 Å². The summed E-state index contributed by atoms with van der Waals surface area (Å²) < 4.78 is 0. The lowest BCUT2D eigenvalue weighted by Gasteiger charge is -2.30. The summed E-state index contributed by atoms with van der Waals surface area (Å²) in [7, 11) is 0. The number of aryl methyl sites for hydroxylation is 2. The van der Waals surface area contributed by atoms with Gasteiger partial charge in [-0.15, -0.1) is 0 Å². The molecule has 1 nitrogen and oxygen atoms in total. The molecule has 13 rings (SSSR count). The van der Waals surface area contributed by atoms with Crippen LogP contribution < -0.4 is 4.90 Å². The molecule has 0 saturated carbocycles. The topological polar surface area (TPSA) is 3.24 Å². The summed E-state index contributed by atoms with van der Waals surface area (Å²) in [6, 6.07) is 74.8. The predicted molar refractivity (Wildman–Crippen MR) is 260 cm³/mol. The third-order valence-corrected chi connectivity index (χ3v) is 13.4. The van der Waals surface area contributed by atoms with Crippen LogP contribution in [0.4, 0.5) is 17.1 Å². The van der Waals surface area contributed by atoms with Crippen molar-refractivity contribution in [2.75, 3.05) is 4.90 Å². The van der Waals surface area contributed by atoms with Crippen LogP contribution in [0.25, 0.3) is 110 Å². The summed E-state index contributed by atoms with van der Waals surface area (Å²) in [6.07, 6.45) is 0. The van der Waals surface area contributed by atoms with E-state index in [-0.39, 0.29) is 0 Å². The average Bonchev–Trinajstić information content (AvgIpc) is 3.30. The number of rotatable bonds is 5. The van der Waals surface area contributed by atoms with E-state index >= 15 is 0 Å². The molecule has 0 aromatic heterocycles. The van der Waals surface area contributed by atoms with Gasteiger partial charge in [-0.1, -0.05) is 115 Å². The van der Waals surface area contributed by atoms with Crippen molar-refractivity contribution in [1.29, 1.82) is 0 Å². The zero-order valence-corrected chi connectivity index (χ0v) is 34.0. The quantitative estimate of drug-likeness (QED) is 0.168. The smallest absolute Gasteiger partial charge is 0.0519 e. The van der Waals surface area contributed by atoms with Gasteiger partial charge in [0.25, 0.3) is 0 Å². The Morgan fingerprint density at radius 2 is 0.574 bits per heavy atom.